The third-order valence-electron chi connectivity index (χ3n) is 4.95. The molecule has 1 aliphatic heterocycles. The maximum Gasteiger partial charge on any atom is 0.255 e. The smallest absolute Gasteiger partial charge is 0.255 e. The Morgan fingerprint density at radius 3 is 2.52 bits per heavy atom. The first kappa shape index (κ1) is 22.6. The van der Waals surface area contributed by atoms with Crippen LogP contribution in [0.25, 0.3) is 0 Å². The summed E-state index contributed by atoms with van der Waals surface area (Å²) in [5.74, 6) is -0.173. The number of methoxy groups -OCH3 is 1. The van der Waals surface area contributed by atoms with Gasteiger partial charge in [-0.05, 0) is 43.7 Å². The van der Waals surface area contributed by atoms with Crippen LogP contribution in [0.1, 0.15) is 29.8 Å². The van der Waals surface area contributed by atoms with Gasteiger partial charge in [-0.25, -0.2) is 0 Å². The van der Waals surface area contributed by atoms with Gasteiger partial charge in [0.1, 0.15) is 0 Å². The van der Waals surface area contributed by atoms with Gasteiger partial charge in [-0.3, -0.25) is 14.5 Å². The van der Waals surface area contributed by atoms with E-state index in [0.717, 1.165) is 30.9 Å². The highest BCUT2D eigenvalue weighted by molar-refractivity contribution is 6.05. The lowest BCUT2D eigenvalue weighted by Crippen LogP contribution is -2.44. The number of benzene rings is 2. The second-order valence-electron chi connectivity index (χ2n) is 7.68. The van der Waals surface area contributed by atoms with Crippen LogP contribution >= 0.6 is 0 Å². The topological polar surface area (TPSA) is 103 Å². The summed E-state index contributed by atoms with van der Waals surface area (Å²) in [6.07, 6.45) is 0.349. The van der Waals surface area contributed by atoms with Crippen LogP contribution < -0.4 is 20.5 Å². The number of nitrogens with one attached hydrogen (secondary N) is 1. The Balaban J connectivity index is 1.72. The molecule has 0 bridgehead atoms. The lowest BCUT2D eigenvalue weighted by atomic mass is 10.1. The molecule has 166 valence electrons. The van der Waals surface area contributed by atoms with Crippen LogP contribution in [0.2, 0.25) is 0 Å². The maximum atomic E-state index is 12.9. The number of nitrogens with zero attached hydrogens (tertiary/aromatic N) is 1. The maximum absolute atomic E-state index is 12.9. The van der Waals surface area contributed by atoms with Gasteiger partial charge in [0.25, 0.3) is 11.8 Å². The molecule has 3 N–H and O–H groups in total. The molecule has 2 unspecified atom stereocenters. The average Bonchev–Trinajstić information content (AvgIpc) is 2.72. The quantitative estimate of drug-likeness (QED) is 0.671. The van der Waals surface area contributed by atoms with Crippen molar-refractivity contribution in [2.24, 2.45) is 5.73 Å². The molecule has 31 heavy (non-hydrogen) atoms. The minimum atomic E-state index is -0.593. The van der Waals surface area contributed by atoms with E-state index < -0.39 is 5.91 Å². The van der Waals surface area contributed by atoms with E-state index in [0.29, 0.717) is 17.1 Å². The molecule has 2 aromatic carbocycles. The number of ether oxygens (including phenoxy) is 3. The van der Waals surface area contributed by atoms with Gasteiger partial charge in [-0.15, -0.1) is 0 Å². The first-order chi connectivity index (χ1) is 14.9. The third kappa shape index (κ3) is 6.19. The highest BCUT2D eigenvalue weighted by atomic mass is 16.5. The fourth-order valence-electron chi connectivity index (χ4n) is 3.71. The van der Waals surface area contributed by atoms with E-state index in [1.165, 1.54) is 7.11 Å². The Kier molecular flexibility index (Phi) is 7.49. The van der Waals surface area contributed by atoms with E-state index in [1.54, 1.807) is 18.2 Å². The van der Waals surface area contributed by atoms with Crippen LogP contribution in [0.15, 0.2) is 42.5 Å². The standard InChI is InChI=1S/C23H29N3O5/c1-15-11-26(12-16(2)31-15)13-18-6-4-5-7-19(18)25-23(28)17-8-9-20(21(10-17)29-3)30-14-22(24)27/h4-10,15-16H,11-14H2,1-3H3,(H2,24,27)(H,25,28). The Labute approximate surface area is 182 Å². The van der Waals surface area contributed by atoms with Crippen LogP contribution in [0, 0.1) is 0 Å². The van der Waals surface area contributed by atoms with Crippen molar-refractivity contribution in [3.8, 4) is 11.5 Å². The van der Waals surface area contributed by atoms with Crippen LogP contribution in [-0.4, -0.2) is 55.7 Å². The van der Waals surface area contributed by atoms with Crippen LogP contribution in [0.3, 0.4) is 0 Å². The number of primary amides is 1. The van der Waals surface area contributed by atoms with Crippen LogP contribution in [0.5, 0.6) is 11.5 Å². The number of hydrogen-bond donors (Lipinski definition) is 2. The molecule has 0 saturated carbocycles. The van der Waals surface area contributed by atoms with Gasteiger partial charge in [0.05, 0.1) is 19.3 Å². The van der Waals surface area contributed by atoms with Gasteiger partial charge in [0.2, 0.25) is 0 Å². The van der Waals surface area contributed by atoms with E-state index in [-0.39, 0.29) is 24.7 Å². The van der Waals surface area contributed by atoms with Gasteiger partial charge in [0.15, 0.2) is 18.1 Å². The van der Waals surface area contributed by atoms with Gasteiger partial charge in [-0.2, -0.15) is 0 Å². The second kappa shape index (κ2) is 10.3. The van der Waals surface area contributed by atoms with Crippen LogP contribution in [-0.2, 0) is 16.1 Å². The zero-order valence-corrected chi connectivity index (χ0v) is 18.1. The zero-order chi connectivity index (χ0) is 22.4. The summed E-state index contributed by atoms with van der Waals surface area (Å²) in [6, 6.07) is 12.5. The van der Waals surface area contributed by atoms with Crippen molar-refractivity contribution in [1.82, 2.24) is 4.90 Å². The molecule has 2 aromatic rings. The molecule has 1 aliphatic rings. The van der Waals surface area contributed by atoms with Crippen LogP contribution in [0.4, 0.5) is 5.69 Å². The fourth-order valence-corrected chi connectivity index (χ4v) is 3.71. The summed E-state index contributed by atoms with van der Waals surface area (Å²) in [5.41, 5.74) is 7.31. The van der Waals surface area contributed by atoms with E-state index in [1.807, 2.05) is 24.3 Å². The highest BCUT2D eigenvalue weighted by Gasteiger charge is 2.23. The van der Waals surface area contributed by atoms with Gasteiger partial charge in [0, 0.05) is 30.9 Å². The average molecular weight is 428 g/mol. The molecule has 2 amide bonds. The van der Waals surface area contributed by atoms with Crippen molar-refractivity contribution in [3.63, 3.8) is 0 Å². The fraction of sp³-hybridized carbons (Fsp3) is 0.391. The number of anilines is 1. The summed E-state index contributed by atoms with van der Waals surface area (Å²) in [6.45, 7) is 6.28. The summed E-state index contributed by atoms with van der Waals surface area (Å²) in [4.78, 5) is 26.2. The zero-order valence-electron chi connectivity index (χ0n) is 18.1. The highest BCUT2D eigenvalue weighted by Crippen LogP contribution is 2.29. The van der Waals surface area contributed by atoms with E-state index in [2.05, 4.69) is 24.1 Å². The number of para-hydroxylation sites is 1. The first-order valence-corrected chi connectivity index (χ1v) is 10.2. The van der Waals surface area contributed by atoms with E-state index >= 15 is 0 Å². The Hall–Kier alpha value is -3.10. The minimum Gasteiger partial charge on any atom is -0.493 e. The summed E-state index contributed by atoms with van der Waals surface area (Å²) in [5, 5.41) is 2.99. The SMILES string of the molecule is COc1cc(C(=O)Nc2ccccc2CN2CC(C)OC(C)C2)ccc1OCC(N)=O. The predicted molar refractivity (Wildman–Crippen MR) is 117 cm³/mol. The Morgan fingerprint density at radius 1 is 1.13 bits per heavy atom. The number of amides is 2. The van der Waals surface area contributed by atoms with E-state index in [4.69, 9.17) is 19.9 Å². The number of hydrogen-bond acceptors (Lipinski definition) is 6. The van der Waals surface area contributed by atoms with Crippen molar-refractivity contribution >= 4 is 17.5 Å². The van der Waals surface area contributed by atoms with Crippen molar-refractivity contribution in [1.29, 1.82) is 0 Å². The molecule has 1 heterocycles. The molecule has 8 heteroatoms. The number of rotatable bonds is 8. The van der Waals surface area contributed by atoms with Crippen molar-refractivity contribution in [3.05, 3.63) is 53.6 Å². The molecule has 0 aliphatic carbocycles. The summed E-state index contributed by atoms with van der Waals surface area (Å²) >= 11 is 0. The van der Waals surface area contributed by atoms with Gasteiger partial charge >= 0.3 is 0 Å². The summed E-state index contributed by atoms with van der Waals surface area (Å²) < 4.78 is 16.4. The number of carbonyl (C=O) groups excluding carboxylic acids is 2. The monoisotopic (exact) mass is 427 g/mol. The Bertz CT molecular complexity index is 923. The van der Waals surface area contributed by atoms with Gasteiger partial charge in [-0.1, -0.05) is 18.2 Å². The number of carbonyl (C=O) groups is 2. The lowest BCUT2D eigenvalue weighted by Gasteiger charge is -2.35. The Morgan fingerprint density at radius 2 is 1.84 bits per heavy atom. The molecular formula is C23H29N3O5. The predicted octanol–water partition coefficient (Wildman–Crippen LogP) is 2.42. The lowest BCUT2D eigenvalue weighted by molar-refractivity contribution is -0.119. The molecule has 0 radical (unpaired) electrons. The van der Waals surface area contributed by atoms with Crippen molar-refractivity contribution in [2.75, 3.05) is 32.1 Å². The third-order valence-corrected chi connectivity index (χ3v) is 4.95. The second-order valence-corrected chi connectivity index (χ2v) is 7.68. The van der Waals surface area contributed by atoms with Crippen molar-refractivity contribution in [2.45, 2.75) is 32.6 Å². The molecule has 8 nitrogen and oxygen atoms in total. The largest absolute Gasteiger partial charge is 0.493 e. The number of nitrogens with two attached hydrogens (primary N) is 1. The van der Waals surface area contributed by atoms with E-state index in [9.17, 15) is 9.59 Å². The molecule has 1 fully saturated rings. The number of morpholine rings is 1. The molecule has 0 spiro atoms. The molecular weight excluding hydrogens is 398 g/mol. The molecule has 1 saturated heterocycles. The molecule has 2 atom stereocenters. The molecule has 0 aromatic heterocycles. The first-order valence-electron chi connectivity index (χ1n) is 10.2. The van der Waals surface area contributed by atoms with Crippen molar-refractivity contribution < 1.29 is 23.8 Å². The molecule has 3 rings (SSSR count). The van der Waals surface area contributed by atoms with Gasteiger partial charge < -0.3 is 25.3 Å². The minimum absolute atomic E-state index is 0.174. The summed E-state index contributed by atoms with van der Waals surface area (Å²) in [7, 11) is 1.47. The normalized spacial score (nSPS) is 18.9.